The summed E-state index contributed by atoms with van der Waals surface area (Å²) in [6.45, 7) is 1.91. The number of hydrogen-bond acceptors (Lipinski definition) is 4. The minimum atomic E-state index is 0. The molecule has 0 unspecified atom stereocenters. The maximum absolute atomic E-state index is 5.37. The highest BCUT2D eigenvalue weighted by molar-refractivity contribution is 6.29. The topological polar surface area (TPSA) is 51.6 Å². The lowest BCUT2D eigenvalue weighted by Crippen LogP contribution is -1.77. The number of aryl methyl sites for hydroxylation is 1. The molecule has 2 rings (SSSR count). The lowest BCUT2D eigenvalue weighted by Gasteiger charge is -1.81. The van der Waals surface area contributed by atoms with Crippen molar-refractivity contribution in [2.24, 2.45) is 0 Å². The van der Waals surface area contributed by atoms with E-state index in [1.165, 1.54) is 6.20 Å². The highest BCUT2D eigenvalue weighted by Crippen LogP contribution is 1.95. The number of nitrogens with zero attached hydrogens (tertiary/aromatic N) is 4. The Hall–Kier alpha value is -1.55. The van der Waals surface area contributed by atoms with E-state index in [0.29, 0.717) is 5.15 Å². The van der Waals surface area contributed by atoms with Crippen LogP contribution >= 0.6 is 11.6 Å². The fourth-order valence-electron chi connectivity index (χ4n) is 0.655. The normalized spacial score (nSPS) is 7.18. The van der Waals surface area contributed by atoms with E-state index in [-0.39, 0.29) is 22.3 Å². The maximum atomic E-state index is 5.37. The van der Waals surface area contributed by atoms with Crippen molar-refractivity contribution in [3.8, 4) is 0 Å². The second-order valence-corrected chi connectivity index (χ2v) is 2.76. The van der Waals surface area contributed by atoms with E-state index in [1.54, 1.807) is 31.0 Å². The highest BCUT2D eigenvalue weighted by atomic mass is 35.5. The molecule has 2 aromatic heterocycles. The summed E-state index contributed by atoms with van der Waals surface area (Å²) in [5.41, 5.74) is 0.961. The van der Waals surface area contributed by atoms with Gasteiger partial charge < -0.3 is 0 Å². The molecule has 0 aliphatic heterocycles. The first-order valence-corrected chi connectivity index (χ1v) is 4.31. The summed E-state index contributed by atoms with van der Waals surface area (Å²) in [4.78, 5) is 15.1. The molecule has 0 aliphatic rings. The zero-order valence-electron chi connectivity index (χ0n) is 7.63. The summed E-state index contributed by atoms with van der Waals surface area (Å²) in [6, 6.07) is 0. The first-order chi connectivity index (χ1) is 6.79. The van der Waals surface area contributed by atoms with Crippen LogP contribution in [0.15, 0.2) is 37.2 Å². The molecule has 0 radical (unpaired) electrons. The summed E-state index contributed by atoms with van der Waals surface area (Å²) in [5, 5.41) is 0.433. The van der Waals surface area contributed by atoms with Crippen molar-refractivity contribution < 1.29 is 0 Å². The maximum Gasteiger partial charge on any atom is 0.147 e. The molecule has 0 saturated heterocycles. The smallest absolute Gasteiger partial charge is 0.147 e. The molecule has 0 amide bonds. The molecule has 96 valence electrons. The van der Waals surface area contributed by atoms with E-state index in [1.807, 2.05) is 6.92 Å². The zero-order chi connectivity index (χ0) is 10.2. The zero-order valence-corrected chi connectivity index (χ0v) is 8.39. The van der Waals surface area contributed by atoms with Gasteiger partial charge in [0, 0.05) is 31.0 Å². The van der Waals surface area contributed by atoms with E-state index in [0.717, 1.165) is 5.69 Å². The number of rotatable bonds is 0. The van der Waals surface area contributed by atoms with E-state index in [2.05, 4.69) is 19.9 Å². The van der Waals surface area contributed by atoms with Crippen LogP contribution in [-0.2, 0) is 0 Å². The van der Waals surface area contributed by atoms with Crippen molar-refractivity contribution in [3.05, 3.63) is 48.0 Å². The Labute approximate surface area is 109 Å². The Morgan fingerprint density at radius 2 is 1.35 bits per heavy atom. The average Bonchev–Trinajstić information content (AvgIpc) is 2.21. The molecule has 2 heterocycles. The third-order valence-electron chi connectivity index (χ3n) is 1.22. The third-order valence-corrected chi connectivity index (χ3v) is 1.42. The SMILES string of the molecule is C.C.C.Cc1cnccn1.Clc1cnccn1. The molecule has 0 aromatic carbocycles. The third kappa shape index (κ3) is 10.7. The molecule has 0 aliphatic carbocycles. The largest absolute Gasteiger partial charge is 0.261 e. The fraction of sp³-hybridized carbons (Fsp3) is 0.333. The van der Waals surface area contributed by atoms with Crippen LogP contribution in [0.4, 0.5) is 0 Å². The van der Waals surface area contributed by atoms with Gasteiger partial charge >= 0.3 is 0 Å². The van der Waals surface area contributed by atoms with Gasteiger partial charge in [0.05, 0.1) is 11.9 Å². The fourth-order valence-corrected chi connectivity index (χ4v) is 0.767. The second-order valence-electron chi connectivity index (χ2n) is 2.37. The summed E-state index contributed by atoms with van der Waals surface area (Å²) >= 11 is 5.37. The molecule has 0 bridgehead atoms. The molecule has 17 heavy (non-hydrogen) atoms. The minimum absolute atomic E-state index is 0. The molecule has 0 spiro atoms. The molecule has 2 aromatic rings. The van der Waals surface area contributed by atoms with Gasteiger partial charge in [0.2, 0.25) is 0 Å². The average molecular weight is 257 g/mol. The molecule has 0 atom stereocenters. The molecule has 4 nitrogen and oxygen atoms in total. The Kier molecular flexibility index (Phi) is 15.3. The summed E-state index contributed by atoms with van der Waals surface area (Å²) in [5.74, 6) is 0. The van der Waals surface area contributed by atoms with Crippen molar-refractivity contribution in [1.29, 1.82) is 0 Å². The van der Waals surface area contributed by atoms with E-state index in [9.17, 15) is 0 Å². The van der Waals surface area contributed by atoms with Crippen LogP contribution in [-0.4, -0.2) is 19.9 Å². The van der Waals surface area contributed by atoms with Crippen LogP contribution < -0.4 is 0 Å². The first kappa shape index (κ1) is 20.8. The number of aromatic nitrogens is 4. The Bertz CT molecular complexity index is 316. The van der Waals surface area contributed by atoms with Gasteiger partial charge in [0.25, 0.3) is 0 Å². The first-order valence-electron chi connectivity index (χ1n) is 3.93. The standard InChI is InChI=1S/C5H6N2.C4H3ClN2.3CH4/c1-5-4-6-2-3-7-5;5-4-3-6-1-2-7-4;;;/h2-4H,1H3;1-3H;3*1H4. The Morgan fingerprint density at radius 3 is 1.53 bits per heavy atom. The van der Waals surface area contributed by atoms with Crippen LogP contribution in [0.5, 0.6) is 0 Å². The van der Waals surface area contributed by atoms with Crippen LogP contribution in [0.2, 0.25) is 5.15 Å². The van der Waals surface area contributed by atoms with Crippen LogP contribution in [0.25, 0.3) is 0 Å². The molecule has 5 heteroatoms. The van der Waals surface area contributed by atoms with E-state index < -0.39 is 0 Å². The second kappa shape index (κ2) is 12.5. The summed E-state index contributed by atoms with van der Waals surface area (Å²) < 4.78 is 0. The monoisotopic (exact) mass is 256 g/mol. The number of halogens is 1. The minimum Gasteiger partial charge on any atom is -0.261 e. The predicted molar refractivity (Wildman–Crippen MR) is 74.0 cm³/mol. The van der Waals surface area contributed by atoms with Gasteiger partial charge in [0.1, 0.15) is 5.15 Å². The van der Waals surface area contributed by atoms with Gasteiger partial charge in [-0.25, -0.2) is 4.98 Å². The van der Waals surface area contributed by atoms with Crippen LogP contribution in [0.3, 0.4) is 0 Å². The van der Waals surface area contributed by atoms with E-state index >= 15 is 0 Å². The van der Waals surface area contributed by atoms with Gasteiger partial charge in [-0.15, -0.1) is 0 Å². The van der Waals surface area contributed by atoms with Gasteiger partial charge in [0.15, 0.2) is 0 Å². The molecule has 0 saturated carbocycles. The van der Waals surface area contributed by atoms with Crippen molar-refractivity contribution in [2.45, 2.75) is 29.2 Å². The Balaban J connectivity index is -0.000000196. The quantitative estimate of drug-likeness (QED) is 0.719. The number of hydrogen-bond donors (Lipinski definition) is 0. The molecular weight excluding hydrogens is 236 g/mol. The molecule has 0 N–H and O–H groups in total. The Morgan fingerprint density at radius 1 is 0.824 bits per heavy atom. The van der Waals surface area contributed by atoms with Crippen molar-refractivity contribution >= 4 is 11.6 Å². The van der Waals surface area contributed by atoms with Gasteiger partial charge in [-0.1, -0.05) is 33.9 Å². The predicted octanol–water partition coefficient (Wildman–Crippen LogP) is 3.82. The van der Waals surface area contributed by atoms with Gasteiger partial charge in [-0.3, -0.25) is 15.0 Å². The van der Waals surface area contributed by atoms with Crippen LogP contribution in [0.1, 0.15) is 28.0 Å². The highest BCUT2D eigenvalue weighted by Gasteiger charge is 1.77. The van der Waals surface area contributed by atoms with Gasteiger partial charge in [-0.05, 0) is 6.92 Å². The summed E-state index contributed by atoms with van der Waals surface area (Å²) in [7, 11) is 0. The van der Waals surface area contributed by atoms with Crippen molar-refractivity contribution in [2.75, 3.05) is 0 Å². The van der Waals surface area contributed by atoms with Crippen molar-refractivity contribution in [3.63, 3.8) is 0 Å². The van der Waals surface area contributed by atoms with Crippen LogP contribution in [0, 0.1) is 6.92 Å². The molecule has 0 fully saturated rings. The van der Waals surface area contributed by atoms with E-state index in [4.69, 9.17) is 11.6 Å². The van der Waals surface area contributed by atoms with Crippen molar-refractivity contribution in [1.82, 2.24) is 19.9 Å². The molecular formula is C12H21ClN4. The lowest BCUT2D eigenvalue weighted by atomic mass is 10.5. The lowest BCUT2D eigenvalue weighted by molar-refractivity contribution is 1.12. The summed E-state index contributed by atoms with van der Waals surface area (Å²) in [6.07, 6.45) is 9.66. The van der Waals surface area contributed by atoms with Gasteiger partial charge in [-0.2, -0.15) is 0 Å².